The zero-order valence-electron chi connectivity index (χ0n) is 9.51. The van der Waals surface area contributed by atoms with E-state index in [2.05, 4.69) is 30.8 Å². The van der Waals surface area contributed by atoms with Gasteiger partial charge >= 0.3 is 0 Å². The Morgan fingerprint density at radius 2 is 2.06 bits per heavy atom. The minimum Gasteiger partial charge on any atom is -0.378 e. The summed E-state index contributed by atoms with van der Waals surface area (Å²) in [5.74, 6) is 0.786. The summed E-state index contributed by atoms with van der Waals surface area (Å²) in [6.45, 7) is 2.94. The lowest BCUT2D eigenvalue weighted by Crippen LogP contribution is -2.37. The van der Waals surface area contributed by atoms with Crippen LogP contribution >= 0.6 is 15.9 Å². The van der Waals surface area contributed by atoms with Crippen LogP contribution < -0.4 is 4.90 Å². The molecule has 3 heterocycles. The van der Waals surface area contributed by atoms with Gasteiger partial charge in [0.05, 0.1) is 13.2 Å². The fourth-order valence-corrected chi connectivity index (χ4v) is 2.38. The predicted octanol–water partition coefficient (Wildman–Crippen LogP) is 1.20. The van der Waals surface area contributed by atoms with Crippen LogP contribution in [0.4, 0.5) is 5.82 Å². The number of anilines is 1. The van der Waals surface area contributed by atoms with E-state index in [1.165, 1.54) is 0 Å². The van der Waals surface area contributed by atoms with E-state index < -0.39 is 0 Å². The molecule has 1 fully saturated rings. The highest BCUT2D eigenvalue weighted by atomic mass is 79.9. The number of fused-ring (bicyclic) bond motifs is 1. The molecule has 0 unspecified atom stereocenters. The van der Waals surface area contributed by atoms with Crippen molar-refractivity contribution in [1.29, 1.82) is 5.26 Å². The van der Waals surface area contributed by atoms with Gasteiger partial charge in [0.1, 0.15) is 10.7 Å². The van der Waals surface area contributed by atoms with E-state index in [-0.39, 0.29) is 0 Å². The maximum atomic E-state index is 8.92. The van der Waals surface area contributed by atoms with E-state index in [9.17, 15) is 0 Å². The molecule has 92 valence electrons. The van der Waals surface area contributed by atoms with Gasteiger partial charge in [-0.2, -0.15) is 5.26 Å². The van der Waals surface area contributed by atoms with E-state index in [0.717, 1.165) is 23.5 Å². The van der Waals surface area contributed by atoms with Crippen LogP contribution in [0.25, 0.3) is 5.65 Å². The van der Waals surface area contributed by atoms with E-state index in [0.29, 0.717) is 24.6 Å². The molecule has 0 spiro atoms. The first-order chi connectivity index (χ1) is 8.78. The fourth-order valence-electron chi connectivity index (χ4n) is 1.99. The van der Waals surface area contributed by atoms with Crippen LogP contribution in [0.15, 0.2) is 17.0 Å². The molecule has 3 rings (SSSR count). The molecule has 0 saturated carbocycles. The van der Waals surface area contributed by atoms with Gasteiger partial charge in [-0.05, 0) is 15.9 Å². The van der Waals surface area contributed by atoms with Crippen molar-refractivity contribution in [2.45, 2.75) is 0 Å². The van der Waals surface area contributed by atoms with Crippen LogP contribution in [-0.4, -0.2) is 40.7 Å². The van der Waals surface area contributed by atoms with Crippen LogP contribution in [0.1, 0.15) is 5.69 Å². The summed E-state index contributed by atoms with van der Waals surface area (Å²) in [6.07, 6.45) is 3.50. The molecule has 0 amide bonds. The van der Waals surface area contributed by atoms with Gasteiger partial charge in [0.25, 0.3) is 0 Å². The molecule has 0 aromatic carbocycles. The highest BCUT2D eigenvalue weighted by Gasteiger charge is 2.18. The Hall–Kier alpha value is -1.65. The number of halogens is 1. The van der Waals surface area contributed by atoms with Crippen molar-refractivity contribution < 1.29 is 4.74 Å². The van der Waals surface area contributed by atoms with E-state index >= 15 is 0 Å². The Bertz CT molecular complexity index is 626. The van der Waals surface area contributed by atoms with Gasteiger partial charge in [0, 0.05) is 25.5 Å². The molecule has 0 radical (unpaired) electrons. The van der Waals surface area contributed by atoms with Gasteiger partial charge in [-0.1, -0.05) is 0 Å². The summed E-state index contributed by atoms with van der Waals surface area (Å²) in [7, 11) is 0. The molecule has 1 saturated heterocycles. The summed E-state index contributed by atoms with van der Waals surface area (Å²) >= 11 is 3.38. The van der Waals surface area contributed by atoms with Gasteiger partial charge in [-0.25, -0.2) is 9.97 Å². The van der Waals surface area contributed by atoms with Crippen molar-refractivity contribution in [2.24, 2.45) is 0 Å². The van der Waals surface area contributed by atoms with Crippen molar-refractivity contribution in [3.63, 3.8) is 0 Å². The Morgan fingerprint density at radius 3 is 2.78 bits per heavy atom. The first kappa shape index (κ1) is 11.4. The summed E-state index contributed by atoms with van der Waals surface area (Å²) < 4.78 is 7.87. The van der Waals surface area contributed by atoms with Gasteiger partial charge in [-0.3, -0.25) is 4.40 Å². The van der Waals surface area contributed by atoms with E-state index in [4.69, 9.17) is 10.00 Å². The molecule has 1 aliphatic heterocycles. The van der Waals surface area contributed by atoms with Gasteiger partial charge in [0.2, 0.25) is 0 Å². The number of nitriles is 1. The Kier molecular flexibility index (Phi) is 2.89. The molecular formula is C11H10BrN5O. The van der Waals surface area contributed by atoms with Gasteiger partial charge < -0.3 is 9.64 Å². The molecule has 1 aliphatic rings. The number of hydrogen-bond acceptors (Lipinski definition) is 5. The third-order valence-corrected chi connectivity index (χ3v) is 3.20. The average molecular weight is 308 g/mol. The number of imidazole rings is 1. The number of morpholine rings is 1. The molecule has 2 aromatic rings. The van der Waals surface area contributed by atoms with E-state index in [1.54, 1.807) is 12.4 Å². The third kappa shape index (κ3) is 1.94. The average Bonchev–Trinajstić information content (AvgIpc) is 2.81. The highest BCUT2D eigenvalue weighted by molar-refractivity contribution is 9.10. The van der Waals surface area contributed by atoms with Crippen molar-refractivity contribution in [3.05, 3.63) is 22.7 Å². The fraction of sp³-hybridized carbons (Fsp3) is 0.364. The van der Waals surface area contributed by atoms with Crippen LogP contribution in [0.2, 0.25) is 0 Å². The third-order valence-electron chi connectivity index (χ3n) is 2.82. The van der Waals surface area contributed by atoms with E-state index in [1.807, 2.05) is 10.5 Å². The molecule has 0 N–H and O–H groups in total. The highest BCUT2D eigenvalue weighted by Crippen LogP contribution is 2.22. The molecule has 18 heavy (non-hydrogen) atoms. The number of nitrogens with zero attached hydrogens (tertiary/aromatic N) is 5. The van der Waals surface area contributed by atoms with Crippen LogP contribution in [-0.2, 0) is 4.74 Å². The van der Waals surface area contributed by atoms with Crippen molar-refractivity contribution >= 4 is 27.4 Å². The lowest BCUT2D eigenvalue weighted by atomic mass is 10.4. The summed E-state index contributed by atoms with van der Waals surface area (Å²) in [5, 5.41) is 8.92. The SMILES string of the molecule is N#Cc1cn2cc(Br)nc(N3CCOCC3)c2n1. The zero-order chi connectivity index (χ0) is 12.5. The summed E-state index contributed by atoms with van der Waals surface area (Å²) in [5.41, 5.74) is 1.10. The molecule has 0 bridgehead atoms. The minimum absolute atomic E-state index is 0.393. The number of aromatic nitrogens is 3. The molecule has 2 aromatic heterocycles. The molecule has 0 aliphatic carbocycles. The van der Waals surface area contributed by atoms with Gasteiger partial charge in [0.15, 0.2) is 17.2 Å². The standard InChI is InChI=1S/C11H10BrN5O/c12-9-7-17-6-8(5-13)14-10(17)11(15-9)16-1-3-18-4-2-16/h6-7H,1-4H2. The first-order valence-electron chi connectivity index (χ1n) is 5.56. The molecule has 7 heteroatoms. The molecular weight excluding hydrogens is 298 g/mol. The van der Waals surface area contributed by atoms with Gasteiger partial charge in [-0.15, -0.1) is 0 Å². The molecule has 0 atom stereocenters. The number of rotatable bonds is 1. The molecule has 6 nitrogen and oxygen atoms in total. The predicted molar refractivity (Wildman–Crippen MR) is 68.4 cm³/mol. The Labute approximate surface area is 112 Å². The van der Waals surface area contributed by atoms with Crippen LogP contribution in [0.5, 0.6) is 0 Å². The zero-order valence-corrected chi connectivity index (χ0v) is 11.1. The first-order valence-corrected chi connectivity index (χ1v) is 6.35. The summed E-state index contributed by atoms with van der Waals surface area (Å²) in [4.78, 5) is 10.9. The second-order valence-electron chi connectivity index (χ2n) is 3.96. The van der Waals surface area contributed by atoms with Crippen LogP contribution in [0.3, 0.4) is 0 Å². The normalized spacial score (nSPS) is 15.9. The topological polar surface area (TPSA) is 66.5 Å². The second kappa shape index (κ2) is 4.55. The quantitative estimate of drug-likeness (QED) is 0.792. The Balaban J connectivity index is 2.14. The van der Waals surface area contributed by atoms with Crippen molar-refractivity contribution in [2.75, 3.05) is 31.2 Å². The maximum Gasteiger partial charge on any atom is 0.181 e. The lowest BCUT2D eigenvalue weighted by Gasteiger charge is -2.27. The monoisotopic (exact) mass is 307 g/mol. The number of hydrogen-bond donors (Lipinski definition) is 0. The van der Waals surface area contributed by atoms with Crippen molar-refractivity contribution in [1.82, 2.24) is 14.4 Å². The minimum atomic E-state index is 0.393. The largest absolute Gasteiger partial charge is 0.378 e. The van der Waals surface area contributed by atoms with Crippen LogP contribution in [0, 0.1) is 11.3 Å². The van der Waals surface area contributed by atoms with Crippen molar-refractivity contribution in [3.8, 4) is 6.07 Å². The second-order valence-corrected chi connectivity index (χ2v) is 4.77. The maximum absolute atomic E-state index is 8.92. The Morgan fingerprint density at radius 1 is 1.28 bits per heavy atom. The summed E-state index contributed by atoms with van der Waals surface area (Å²) in [6, 6.07) is 2.05. The lowest BCUT2D eigenvalue weighted by molar-refractivity contribution is 0.122. The number of ether oxygens (including phenoxy) is 1. The smallest absolute Gasteiger partial charge is 0.181 e.